The fourth-order valence-corrected chi connectivity index (χ4v) is 2.98. The van der Waals surface area contributed by atoms with Crippen molar-refractivity contribution < 1.29 is 9.50 Å². The fourth-order valence-electron chi connectivity index (χ4n) is 2.15. The van der Waals surface area contributed by atoms with Crippen LogP contribution in [0.25, 0.3) is 0 Å². The second kappa shape index (κ2) is 7.88. The molecule has 108 valence electrons. The molecule has 0 aliphatic heterocycles. The molecule has 0 saturated heterocycles. The third-order valence-corrected chi connectivity index (χ3v) is 5.36. The van der Waals surface area contributed by atoms with Crippen LogP contribution in [0.2, 0.25) is 0 Å². The van der Waals surface area contributed by atoms with Gasteiger partial charge in [0.1, 0.15) is 5.82 Å². The average molecular weight is 285 g/mol. The van der Waals surface area contributed by atoms with Crippen LogP contribution in [0, 0.1) is 5.82 Å². The van der Waals surface area contributed by atoms with Crippen molar-refractivity contribution in [1.29, 1.82) is 0 Å². The maximum Gasteiger partial charge on any atom is 0.129 e. The van der Waals surface area contributed by atoms with Gasteiger partial charge < -0.3 is 10.4 Å². The van der Waals surface area contributed by atoms with Crippen molar-refractivity contribution in [3.8, 4) is 0 Å². The minimum atomic E-state index is -0.797. The van der Waals surface area contributed by atoms with Crippen molar-refractivity contribution in [1.82, 2.24) is 5.32 Å². The number of aliphatic hydroxyl groups is 1. The molecule has 1 unspecified atom stereocenters. The van der Waals surface area contributed by atoms with E-state index in [-0.39, 0.29) is 10.6 Å². The largest absolute Gasteiger partial charge is 0.387 e. The zero-order valence-corrected chi connectivity index (χ0v) is 12.8. The lowest BCUT2D eigenvalue weighted by molar-refractivity contribution is 0.168. The van der Waals surface area contributed by atoms with E-state index in [1.165, 1.54) is 6.07 Å². The Morgan fingerprint density at radius 3 is 2.47 bits per heavy atom. The molecule has 19 heavy (non-hydrogen) atoms. The zero-order valence-electron chi connectivity index (χ0n) is 11.9. The van der Waals surface area contributed by atoms with Gasteiger partial charge in [-0.05, 0) is 25.2 Å². The number of aliphatic hydroxyl groups excluding tert-OH is 1. The molecule has 1 aromatic rings. The Kier molecular flexibility index (Phi) is 6.83. The molecular weight excluding hydrogens is 261 g/mol. The zero-order chi connectivity index (χ0) is 14.3. The SMILES string of the molecule is CCC(CC)(CNCC(O)c1ccccc1F)SC. The lowest BCUT2D eigenvalue weighted by Crippen LogP contribution is -2.38. The van der Waals surface area contributed by atoms with Crippen LogP contribution in [-0.4, -0.2) is 29.2 Å². The van der Waals surface area contributed by atoms with E-state index in [9.17, 15) is 9.50 Å². The predicted octanol–water partition coefficient (Wildman–Crippen LogP) is 3.37. The molecule has 0 saturated carbocycles. The Balaban J connectivity index is 2.51. The van der Waals surface area contributed by atoms with Gasteiger partial charge in [0.05, 0.1) is 6.10 Å². The van der Waals surface area contributed by atoms with E-state index >= 15 is 0 Å². The van der Waals surface area contributed by atoms with Gasteiger partial charge in [-0.2, -0.15) is 11.8 Å². The van der Waals surface area contributed by atoms with Gasteiger partial charge in [-0.1, -0.05) is 32.0 Å². The maximum absolute atomic E-state index is 13.5. The molecular formula is C15H24FNOS. The minimum absolute atomic E-state index is 0.203. The van der Waals surface area contributed by atoms with E-state index < -0.39 is 6.10 Å². The van der Waals surface area contributed by atoms with Gasteiger partial charge in [0, 0.05) is 23.4 Å². The highest BCUT2D eigenvalue weighted by atomic mass is 32.2. The molecule has 0 radical (unpaired) electrons. The summed E-state index contributed by atoms with van der Waals surface area (Å²) in [5.74, 6) is -0.348. The van der Waals surface area contributed by atoms with Crippen LogP contribution in [0.15, 0.2) is 24.3 Å². The summed E-state index contributed by atoms with van der Waals surface area (Å²) < 4.78 is 13.7. The molecule has 2 N–H and O–H groups in total. The summed E-state index contributed by atoms with van der Waals surface area (Å²) in [4.78, 5) is 0. The molecule has 1 aromatic carbocycles. The molecule has 0 fully saturated rings. The summed E-state index contributed by atoms with van der Waals surface area (Å²) >= 11 is 1.85. The summed E-state index contributed by atoms with van der Waals surface area (Å²) in [5.41, 5.74) is 0.359. The molecule has 1 rings (SSSR count). The Morgan fingerprint density at radius 2 is 1.95 bits per heavy atom. The number of benzene rings is 1. The monoisotopic (exact) mass is 285 g/mol. The number of thioether (sulfide) groups is 1. The van der Waals surface area contributed by atoms with Crippen molar-refractivity contribution in [3.63, 3.8) is 0 Å². The molecule has 0 amide bonds. The third kappa shape index (κ3) is 4.48. The fraction of sp³-hybridized carbons (Fsp3) is 0.600. The highest BCUT2D eigenvalue weighted by Gasteiger charge is 2.24. The minimum Gasteiger partial charge on any atom is -0.387 e. The van der Waals surface area contributed by atoms with E-state index in [4.69, 9.17) is 0 Å². The van der Waals surface area contributed by atoms with Gasteiger partial charge in [0.25, 0.3) is 0 Å². The van der Waals surface area contributed by atoms with E-state index in [0.29, 0.717) is 12.1 Å². The standard InChI is InChI=1S/C15H24FNOS/c1-4-15(5-2,19-3)11-17-10-14(18)12-8-6-7-9-13(12)16/h6-9,14,17-18H,4-5,10-11H2,1-3H3. The van der Waals surface area contributed by atoms with Crippen molar-refractivity contribution >= 4 is 11.8 Å². The van der Waals surface area contributed by atoms with Gasteiger partial charge in [-0.15, -0.1) is 0 Å². The van der Waals surface area contributed by atoms with Gasteiger partial charge in [0.15, 0.2) is 0 Å². The highest BCUT2D eigenvalue weighted by molar-refractivity contribution is 8.00. The topological polar surface area (TPSA) is 32.3 Å². The first-order valence-corrected chi connectivity index (χ1v) is 7.99. The second-order valence-corrected chi connectivity index (χ2v) is 6.04. The van der Waals surface area contributed by atoms with E-state index in [1.807, 2.05) is 11.8 Å². The Hall–Kier alpha value is -0.580. The Labute approximate surface area is 119 Å². The van der Waals surface area contributed by atoms with Crippen molar-refractivity contribution in [2.24, 2.45) is 0 Å². The van der Waals surface area contributed by atoms with Gasteiger partial charge in [0.2, 0.25) is 0 Å². The predicted molar refractivity (Wildman–Crippen MR) is 81.1 cm³/mol. The molecule has 0 spiro atoms. The van der Waals surface area contributed by atoms with Crippen LogP contribution in [0.3, 0.4) is 0 Å². The van der Waals surface area contributed by atoms with Crippen LogP contribution < -0.4 is 5.32 Å². The quantitative estimate of drug-likeness (QED) is 0.768. The normalized spacial score (nSPS) is 13.5. The van der Waals surface area contributed by atoms with E-state index in [1.54, 1.807) is 18.2 Å². The molecule has 0 aromatic heterocycles. The van der Waals surface area contributed by atoms with Crippen LogP contribution in [0.1, 0.15) is 38.4 Å². The Morgan fingerprint density at radius 1 is 1.32 bits per heavy atom. The molecule has 0 bridgehead atoms. The van der Waals surface area contributed by atoms with E-state index in [0.717, 1.165) is 19.4 Å². The summed E-state index contributed by atoms with van der Waals surface area (Å²) in [6, 6.07) is 6.38. The smallest absolute Gasteiger partial charge is 0.129 e. The molecule has 2 nitrogen and oxygen atoms in total. The number of hydrogen-bond donors (Lipinski definition) is 2. The van der Waals surface area contributed by atoms with Gasteiger partial charge in [-0.3, -0.25) is 0 Å². The second-order valence-electron chi connectivity index (χ2n) is 4.76. The average Bonchev–Trinajstić information content (AvgIpc) is 2.44. The molecule has 0 aliphatic carbocycles. The van der Waals surface area contributed by atoms with Crippen LogP contribution in [0.5, 0.6) is 0 Å². The maximum atomic E-state index is 13.5. The lowest BCUT2D eigenvalue weighted by Gasteiger charge is -2.30. The first-order valence-electron chi connectivity index (χ1n) is 6.77. The number of hydrogen-bond acceptors (Lipinski definition) is 3. The van der Waals surface area contributed by atoms with E-state index in [2.05, 4.69) is 25.4 Å². The molecule has 0 aliphatic rings. The Bertz CT molecular complexity index is 374. The number of nitrogens with one attached hydrogen (secondary N) is 1. The van der Waals surface area contributed by atoms with Gasteiger partial charge in [-0.25, -0.2) is 4.39 Å². The summed E-state index contributed by atoms with van der Waals surface area (Å²) in [6.45, 7) is 5.56. The third-order valence-electron chi connectivity index (χ3n) is 3.77. The van der Waals surface area contributed by atoms with Crippen LogP contribution in [-0.2, 0) is 0 Å². The van der Waals surface area contributed by atoms with Crippen molar-refractivity contribution in [2.75, 3.05) is 19.3 Å². The number of halogens is 1. The van der Waals surface area contributed by atoms with Gasteiger partial charge >= 0.3 is 0 Å². The van der Waals surface area contributed by atoms with Crippen LogP contribution >= 0.6 is 11.8 Å². The molecule has 1 atom stereocenters. The summed E-state index contributed by atoms with van der Waals surface area (Å²) in [6.07, 6.45) is 3.47. The van der Waals surface area contributed by atoms with Crippen LogP contribution in [0.4, 0.5) is 4.39 Å². The first-order chi connectivity index (χ1) is 9.08. The van der Waals surface area contributed by atoms with Crippen molar-refractivity contribution in [2.45, 2.75) is 37.5 Å². The highest BCUT2D eigenvalue weighted by Crippen LogP contribution is 2.29. The van der Waals surface area contributed by atoms with Crippen molar-refractivity contribution in [3.05, 3.63) is 35.6 Å². The number of rotatable bonds is 8. The molecule has 4 heteroatoms. The lowest BCUT2D eigenvalue weighted by atomic mass is 10.0. The molecule has 0 heterocycles. The first kappa shape index (κ1) is 16.5. The summed E-state index contributed by atoms with van der Waals surface area (Å²) in [5, 5.41) is 13.3. The summed E-state index contributed by atoms with van der Waals surface area (Å²) in [7, 11) is 0.